The third-order valence-corrected chi connectivity index (χ3v) is 6.87. The van der Waals surface area contributed by atoms with E-state index in [9.17, 15) is 22.4 Å². The van der Waals surface area contributed by atoms with Crippen molar-refractivity contribution >= 4 is 21.8 Å². The number of esters is 1. The van der Waals surface area contributed by atoms with Gasteiger partial charge in [0, 0.05) is 12.1 Å². The van der Waals surface area contributed by atoms with Crippen LogP contribution >= 0.6 is 0 Å². The molecule has 1 saturated heterocycles. The normalized spacial score (nSPS) is 17.2. The molecule has 29 heavy (non-hydrogen) atoms. The SMILES string of the molecule is CCc1ccc(C(=O)COC(=O)[C@@H]2CCCN2S(=O)(=O)c2ccccc2F)cc1. The molecule has 2 aromatic carbocycles. The second-order valence-electron chi connectivity index (χ2n) is 6.79. The Morgan fingerprint density at radius 3 is 2.48 bits per heavy atom. The van der Waals surface area contributed by atoms with Gasteiger partial charge in [-0.05, 0) is 37.0 Å². The van der Waals surface area contributed by atoms with Crippen LogP contribution in [-0.2, 0) is 26.0 Å². The Morgan fingerprint density at radius 1 is 1.14 bits per heavy atom. The minimum absolute atomic E-state index is 0.0862. The zero-order valence-corrected chi connectivity index (χ0v) is 16.8. The highest BCUT2D eigenvalue weighted by Gasteiger charge is 2.41. The van der Waals surface area contributed by atoms with Gasteiger partial charge in [0.2, 0.25) is 10.0 Å². The van der Waals surface area contributed by atoms with E-state index in [0.717, 1.165) is 28.4 Å². The lowest BCUT2D eigenvalue weighted by Crippen LogP contribution is -2.42. The number of Topliss-reactive ketones (excluding diaryl/α,β-unsaturated/α-hetero) is 1. The summed E-state index contributed by atoms with van der Waals surface area (Å²) in [6.45, 7) is 1.61. The molecule has 0 unspecified atom stereocenters. The molecule has 1 aliphatic heterocycles. The molecule has 154 valence electrons. The van der Waals surface area contributed by atoms with Gasteiger partial charge in [-0.3, -0.25) is 9.59 Å². The van der Waals surface area contributed by atoms with Crippen LogP contribution < -0.4 is 0 Å². The smallest absolute Gasteiger partial charge is 0.324 e. The summed E-state index contributed by atoms with van der Waals surface area (Å²) >= 11 is 0. The van der Waals surface area contributed by atoms with Crippen LogP contribution in [0.3, 0.4) is 0 Å². The summed E-state index contributed by atoms with van der Waals surface area (Å²) in [5, 5.41) is 0. The van der Waals surface area contributed by atoms with Crippen LogP contribution in [0, 0.1) is 5.82 Å². The summed E-state index contributed by atoms with van der Waals surface area (Å²) in [5.41, 5.74) is 1.50. The number of aryl methyl sites for hydroxylation is 1. The summed E-state index contributed by atoms with van der Waals surface area (Å²) < 4.78 is 45.7. The van der Waals surface area contributed by atoms with Gasteiger partial charge < -0.3 is 4.74 Å². The van der Waals surface area contributed by atoms with Crippen LogP contribution in [0.2, 0.25) is 0 Å². The third-order valence-electron chi connectivity index (χ3n) is 4.93. The predicted octanol–water partition coefficient (Wildman–Crippen LogP) is 2.97. The summed E-state index contributed by atoms with van der Waals surface area (Å²) in [6, 6.07) is 10.9. The molecule has 0 spiro atoms. The Labute approximate surface area is 169 Å². The quantitative estimate of drug-likeness (QED) is 0.509. The number of hydrogen-bond acceptors (Lipinski definition) is 5. The fraction of sp³-hybridized carbons (Fsp3) is 0.333. The second-order valence-corrected chi connectivity index (χ2v) is 8.64. The molecule has 0 bridgehead atoms. The van der Waals surface area contributed by atoms with E-state index in [1.54, 1.807) is 12.1 Å². The number of nitrogens with zero attached hydrogens (tertiary/aromatic N) is 1. The number of ether oxygens (including phenoxy) is 1. The highest BCUT2D eigenvalue weighted by atomic mass is 32.2. The first-order valence-corrected chi connectivity index (χ1v) is 10.8. The average Bonchev–Trinajstić information content (AvgIpc) is 3.23. The van der Waals surface area contributed by atoms with Gasteiger partial charge >= 0.3 is 5.97 Å². The fourth-order valence-corrected chi connectivity index (χ4v) is 5.00. The first-order chi connectivity index (χ1) is 13.8. The summed E-state index contributed by atoms with van der Waals surface area (Å²) in [5.74, 6) is -2.05. The molecule has 6 nitrogen and oxygen atoms in total. The van der Waals surface area contributed by atoms with Crippen LogP contribution in [0.4, 0.5) is 4.39 Å². The standard InChI is InChI=1S/C21H22FNO5S/c1-2-15-9-11-16(12-10-15)19(24)14-28-21(25)18-7-5-13-23(18)29(26,27)20-8-4-3-6-17(20)22/h3-4,6,8-12,18H,2,5,7,13-14H2,1H3/t18-/m0/s1. The molecule has 0 aliphatic carbocycles. The minimum Gasteiger partial charge on any atom is -0.456 e. The number of hydrogen-bond donors (Lipinski definition) is 0. The van der Waals surface area contributed by atoms with Gasteiger partial charge in [0.25, 0.3) is 0 Å². The first kappa shape index (κ1) is 21.1. The van der Waals surface area contributed by atoms with E-state index in [1.807, 2.05) is 19.1 Å². The van der Waals surface area contributed by atoms with E-state index in [0.29, 0.717) is 12.0 Å². The van der Waals surface area contributed by atoms with Crippen LogP contribution in [0.15, 0.2) is 53.4 Å². The lowest BCUT2D eigenvalue weighted by molar-refractivity contribution is -0.146. The molecule has 0 radical (unpaired) electrons. The lowest BCUT2D eigenvalue weighted by Gasteiger charge is -2.22. The number of rotatable bonds is 7. The highest BCUT2D eigenvalue weighted by Crippen LogP contribution is 2.28. The molecule has 0 aromatic heterocycles. The van der Waals surface area contributed by atoms with E-state index in [4.69, 9.17) is 4.74 Å². The van der Waals surface area contributed by atoms with Crippen molar-refractivity contribution in [3.8, 4) is 0 Å². The molecule has 8 heteroatoms. The van der Waals surface area contributed by atoms with Gasteiger partial charge in [0.1, 0.15) is 16.8 Å². The average molecular weight is 419 g/mol. The number of ketones is 1. The molecule has 0 amide bonds. The van der Waals surface area contributed by atoms with Crippen molar-refractivity contribution in [2.24, 2.45) is 0 Å². The van der Waals surface area contributed by atoms with Crippen molar-refractivity contribution in [3.63, 3.8) is 0 Å². The Bertz CT molecular complexity index is 1000. The van der Waals surface area contributed by atoms with Crippen molar-refractivity contribution in [3.05, 3.63) is 65.5 Å². The van der Waals surface area contributed by atoms with Crippen LogP contribution in [0.5, 0.6) is 0 Å². The predicted molar refractivity (Wildman–Crippen MR) is 104 cm³/mol. The van der Waals surface area contributed by atoms with E-state index in [-0.39, 0.29) is 18.7 Å². The van der Waals surface area contributed by atoms with Crippen LogP contribution in [-0.4, -0.2) is 43.7 Å². The summed E-state index contributed by atoms with van der Waals surface area (Å²) in [6.07, 6.45) is 1.54. The lowest BCUT2D eigenvalue weighted by atomic mass is 10.1. The van der Waals surface area contributed by atoms with Crippen LogP contribution in [0.1, 0.15) is 35.7 Å². The molecule has 1 atom stereocenters. The molecule has 1 fully saturated rings. The highest BCUT2D eigenvalue weighted by molar-refractivity contribution is 7.89. The van der Waals surface area contributed by atoms with E-state index in [1.165, 1.54) is 12.1 Å². The maximum Gasteiger partial charge on any atom is 0.324 e. The molecule has 1 aliphatic rings. The van der Waals surface area contributed by atoms with E-state index >= 15 is 0 Å². The maximum atomic E-state index is 14.0. The Hall–Kier alpha value is -2.58. The van der Waals surface area contributed by atoms with Crippen molar-refractivity contribution < 1.29 is 27.1 Å². The van der Waals surface area contributed by atoms with Crippen molar-refractivity contribution in [2.45, 2.75) is 37.1 Å². The van der Waals surface area contributed by atoms with E-state index < -0.39 is 39.4 Å². The molecule has 0 N–H and O–H groups in total. The van der Waals surface area contributed by atoms with Crippen molar-refractivity contribution in [1.29, 1.82) is 0 Å². The molecule has 1 heterocycles. The maximum absolute atomic E-state index is 14.0. The Balaban J connectivity index is 1.68. The number of carbonyl (C=O) groups excluding carboxylic acids is 2. The molecular formula is C21H22FNO5S. The zero-order valence-electron chi connectivity index (χ0n) is 16.0. The zero-order chi connectivity index (χ0) is 21.0. The number of benzene rings is 2. The fourth-order valence-electron chi connectivity index (χ4n) is 3.29. The monoisotopic (exact) mass is 419 g/mol. The second kappa shape index (κ2) is 8.84. The van der Waals surface area contributed by atoms with Crippen molar-refractivity contribution in [1.82, 2.24) is 4.31 Å². The topological polar surface area (TPSA) is 80.8 Å². The third kappa shape index (κ3) is 4.54. The molecule has 0 saturated carbocycles. The van der Waals surface area contributed by atoms with Gasteiger partial charge in [-0.2, -0.15) is 4.31 Å². The molecular weight excluding hydrogens is 397 g/mol. The van der Waals surface area contributed by atoms with Crippen molar-refractivity contribution in [2.75, 3.05) is 13.2 Å². The molecule has 3 rings (SSSR count). The largest absolute Gasteiger partial charge is 0.456 e. The summed E-state index contributed by atoms with van der Waals surface area (Å²) in [7, 11) is -4.19. The van der Waals surface area contributed by atoms with Gasteiger partial charge in [-0.25, -0.2) is 12.8 Å². The van der Waals surface area contributed by atoms with Gasteiger partial charge in [-0.15, -0.1) is 0 Å². The number of sulfonamides is 1. The number of halogens is 1. The Morgan fingerprint density at radius 2 is 1.83 bits per heavy atom. The van der Waals surface area contributed by atoms with Gasteiger partial charge in [0.05, 0.1) is 0 Å². The van der Waals surface area contributed by atoms with E-state index in [2.05, 4.69) is 0 Å². The molecule has 2 aromatic rings. The van der Waals surface area contributed by atoms with Gasteiger partial charge in [-0.1, -0.05) is 43.3 Å². The first-order valence-electron chi connectivity index (χ1n) is 9.39. The van der Waals surface area contributed by atoms with Crippen LogP contribution in [0.25, 0.3) is 0 Å². The summed E-state index contributed by atoms with van der Waals surface area (Å²) in [4.78, 5) is 24.3. The number of carbonyl (C=O) groups is 2. The Kier molecular flexibility index (Phi) is 6.44. The minimum atomic E-state index is -4.19. The van der Waals surface area contributed by atoms with Gasteiger partial charge in [0.15, 0.2) is 12.4 Å².